The van der Waals surface area contributed by atoms with Crippen LogP contribution in [0.1, 0.15) is 30.4 Å². The minimum absolute atomic E-state index is 0.0193. The van der Waals surface area contributed by atoms with Crippen molar-refractivity contribution in [3.63, 3.8) is 0 Å². The highest BCUT2D eigenvalue weighted by Crippen LogP contribution is 2.36. The first-order chi connectivity index (χ1) is 15.5. The number of hydrogen-bond donors (Lipinski definition) is 0. The number of piperidine rings is 1. The molecule has 2 aliphatic rings. The van der Waals surface area contributed by atoms with Crippen LogP contribution in [0.5, 0.6) is 0 Å². The summed E-state index contributed by atoms with van der Waals surface area (Å²) in [6.45, 7) is 0.418. The van der Waals surface area contributed by atoms with E-state index in [4.69, 9.17) is 0 Å². The number of nitrogens with zero attached hydrogens (tertiary/aromatic N) is 2. The van der Waals surface area contributed by atoms with Gasteiger partial charge in [-0.25, -0.2) is 17.2 Å². The van der Waals surface area contributed by atoms with Crippen molar-refractivity contribution in [1.29, 1.82) is 0 Å². The number of rotatable bonds is 3. The molecule has 2 aromatic carbocycles. The maximum absolute atomic E-state index is 13.5. The second kappa shape index (κ2) is 8.68. The van der Waals surface area contributed by atoms with E-state index in [1.165, 1.54) is 11.0 Å². The molecule has 0 bridgehead atoms. The molecule has 2 aliphatic heterocycles. The van der Waals surface area contributed by atoms with Gasteiger partial charge in [0.25, 0.3) is 0 Å². The highest BCUT2D eigenvalue weighted by molar-refractivity contribution is 7.89. The average Bonchev–Trinajstić information content (AvgIpc) is 2.79. The van der Waals surface area contributed by atoms with Crippen LogP contribution in [0.2, 0.25) is 0 Å². The van der Waals surface area contributed by atoms with Gasteiger partial charge < -0.3 is 4.90 Å². The number of fused-ring (bicyclic) bond motifs is 1. The van der Waals surface area contributed by atoms with Crippen LogP contribution in [-0.4, -0.2) is 38.3 Å². The molecular formula is C22H21F5N2O3S. The van der Waals surface area contributed by atoms with Crippen molar-refractivity contribution in [3.8, 4) is 0 Å². The Hall–Kier alpha value is -2.53. The lowest BCUT2D eigenvalue weighted by Gasteiger charge is -2.36. The normalized spacial score (nSPS) is 18.3. The Balaban J connectivity index is 1.47. The van der Waals surface area contributed by atoms with Crippen LogP contribution in [0.25, 0.3) is 0 Å². The fraction of sp³-hybridized carbons (Fsp3) is 0.409. The van der Waals surface area contributed by atoms with Crippen molar-refractivity contribution in [3.05, 3.63) is 59.2 Å². The summed E-state index contributed by atoms with van der Waals surface area (Å²) in [7, 11) is -4.05. The lowest BCUT2D eigenvalue weighted by Crippen LogP contribution is -2.45. The fourth-order valence-electron chi connectivity index (χ4n) is 4.35. The van der Waals surface area contributed by atoms with Gasteiger partial charge in [-0.2, -0.15) is 17.5 Å². The molecule has 0 atom stereocenters. The van der Waals surface area contributed by atoms with Crippen molar-refractivity contribution in [2.24, 2.45) is 5.92 Å². The maximum atomic E-state index is 13.5. The van der Waals surface area contributed by atoms with Crippen molar-refractivity contribution in [1.82, 2.24) is 4.31 Å². The highest BCUT2D eigenvalue weighted by atomic mass is 32.2. The van der Waals surface area contributed by atoms with Gasteiger partial charge in [0.2, 0.25) is 15.9 Å². The molecule has 1 saturated heterocycles. The molecule has 178 valence electrons. The van der Waals surface area contributed by atoms with E-state index in [0.717, 1.165) is 28.6 Å². The Morgan fingerprint density at radius 2 is 1.64 bits per heavy atom. The standard InChI is InChI=1S/C22H21F5N2O3S/c23-18-5-4-17(13-19(18)24)33(31,32)28-10-7-14(8-11-28)21(30)29-9-1-2-15-12-16(22(25,26)27)3-6-20(15)29/h3-6,12-14H,1-2,7-11H2. The molecule has 0 unspecified atom stereocenters. The van der Waals surface area contributed by atoms with Crippen LogP contribution in [0.4, 0.5) is 27.6 Å². The van der Waals surface area contributed by atoms with E-state index in [-0.39, 0.29) is 36.7 Å². The van der Waals surface area contributed by atoms with Crippen LogP contribution in [0, 0.1) is 17.6 Å². The lowest BCUT2D eigenvalue weighted by molar-refractivity contribution is -0.137. The smallest absolute Gasteiger partial charge is 0.312 e. The zero-order valence-corrected chi connectivity index (χ0v) is 18.2. The molecule has 1 amide bonds. The lowest BCUT2D eigenvalue weighted by atomic mass is 9.93. The van der Waals surface area contributed by atoms with Crippen molar-refractivity contribution in [2.75, 3.05) is 24.5 Å². The van der Waals surface area contributed by atoms with E-state index in [1.807, 2.05) is 0 Å². The van der Waals surface area contributed by atoms with Gasteiger partial charge >= 0.3 is 6.18 Å². The first-order valence-electron chi connectivity index (χ1n) is 10.4. The summed E-state index contributed by atoms with van der Waals surface area (Å²) >= 11 is 0. The number of aryl methyl sites for hydroxylation is 1. The Labute approximate surface area is 187 Å². The van der Waals surface area contributed by atoms with Crippen LogP contribution >= 0.6 is 0 Å². The molecule has 33 heavy (non-hydrogen) atoms. The molecule has 4 rings (SSSR count). The summed E-state index contributed by atoms with van der Waals surface area (Å²) in [5, 5.41) is 0. The SMILES string of the molecule is O=C(C1CCN(S(=O)(=O)c2ccc(F)c(F)c2)CC1)N1CCCc2cc(C(F)(F)F)ccc21. The Morgan fingerprint density at radius 1 is 0.939 bits per heavy atom. The molecule has 5 nitrogen and oxygen atoms in total. The minimum Gasteiger partial charge on any atom is -0.312 e. The Morgan fingerprint density at radius 3 is 2.27 bits per heavy atom. The third-order valence-electron chi connectivity index (χ3n) is 6.12. The van der Waals surface area contributed by atoms with E-state index in [1.54, 1.807) is 0 Å². The second-order valence-electron chi connectivity index (χ2n) is 8.19. The first kappa shape index (κ1) is 23.6. The Bertz CT molecular complexity index is 1180. The quantitative estimate of drug-likeness (QED) is 0.604. The van der Waals surface area contributed by atoms with Gasteiger partial charge in [-0.3, -0.25) is 4.79 Å². The molecule has 1 fully saturated rings. The summed E-state index contributed by atoms with van der Waals surface area (Å²) < 4.78 is 92.4. The van der Waals surface area contributed by atoms with Crippen molar-refractivity contribution < 1.29 is 35.2 Å². The molecule has 0 aromatic heterocycles. The van der Waals surface area contributed by atoms with E-state index in [9.17, 15) is 35.2 Å². The summed E-state index contributed by atoms with van der Waals surface area (Å²) in [5.41, 5.74) is 0.158. The largest absolute Gasteiger partial charge is 0.416 e. The summed E-state index contributed by atoms with van der Waals surface area (Å²) in [5.74, 6) is -3.16. The number of sulfonamides is 1. The number of amides is 1. The molecule has 2 aromatic rings. The summed E-state index contributed by atoms with van der Waals surface area (Å²) in [4.78, 5) is 14.3. The van der Waals surface area contributed by atoms with Crippen LogP contribution < -0.4 is 4.90 Å². The van der Waals surface area contributed by atoms with E-state index in [2.05, 4.69) is 0 Å². The zero-order valence-electron chi connectivity index (χ0n) is 17.4. The van der Waals surface area contributed by atoms with Crippen molar-refractivity contribution >= 4 is 21.6 Å². The number of benzene rings is 2. The van der Waals surface area contributed by atoms with E-state index >= 15 is 0 Å². The van der Waals surface area contributed by atoms with E-state index in [0.29, 0.717) is 36.7 Å². The molecule has 2 heterocycles. The number of halogens is 5. The van der Waals surface area contributed by atoms with Gasteiger partial charge in [0.05, 0.1) is 10.5 Å². The zero-order chi connectivity index (χ0) is 24.0. The van der Waals surface area contributed by atoms with Gasteiger partial charge in [-0.15, -0.1) is 0 Å². The summed E-state index contributed by atoms with van der Waals surface area (Å²) in [6, 6.07) is 5.72. The van der Waals surface area contributed by atoms with Crippen LogP contribution in [-0.2, 0) is 27.4 Å². The van der Waals surface area contributed by atoms with E-state index < -0.39 is 39.3 Å². The van der Waals surface area contributed by atoms with Gasteiger partial charge in [0.1, 0.15) is 0 Å². The highest BCUT2D eigenvalue weighted by Gasteiger charge is 2.37. The predicted octanol–water partition coefficient (Wildman–Crippen LogP) is 4.36. The number of carbonyl (C=O) groups is 1. The van der Waals surface area contributed by atoms with Gasteiger partial charge in [0.15, 0.2) is 11.6 Å². The number of hydrogen-bond acceptors (Lipinski definition) is 3. The average molecular weight is 488 g/mol. The van der Waals surface area contributed by atoms with Gasteiger partial charge in [0, 0.05) is 31.2 Å². The van der Waals surface area contributed by atoms with Crippen molar-refractivity contribution in [2.45, 2.75) is 36.8 Å². The van der Waals surface area contributed by atoms with Crippen LogP contribution in [0.15, 0.2) is 41.3 Å². The number of anilines is 1. The third kappa shape index (κ3) is 4.61. The minimum atomic E-state index is -4.47. The Kier molecular flexibility index (Phi) is 6.21. The molecule has 0 radical (unpaired) electrons. The van der Waals surface area contributed by atoms with Crippen LogP contribution in [0.3, 0.4) is 0 Å². The molecule has 11 heteroatoms. The topological polar surface area (TPSA) is 57.7 Å². The second-order valence-corrected chi connectivity index (χ2v) is 10.1. The number of carbonyl (C=O) groups excluding carboxylic acids is 1. The molecule has 0 N–H and O–H groups in total. The molecule has 0 saturated carbocycles. The monoisotopic (exact) mass is 488 g/mol. The maximum Gasteiger partial charge on any atom is 0.416 e. The molecular weight excluding hydrogens is 467 g/mol. The molecule has 0 aliphatic carbocycles. The van der Waals surface area contributed by atoms with Gasteiger partial charge in [-0.1, -0.05) is 0 Å². The molecule has 0 spiro atoms. The number of alkyl halides is 3. The summed E-state index contributed by atoms with van der Waals surface area (Å²) in [6.07, 6.45) is -3.06. The predicted molar refractivity (Wildman–Crippen MR) is 110 cm³/mol. The third-order valence-corrected chi connectivity index (χ3v) is 8.02. The fourth-order valence-corrected chi connectivity index (χ4v) is 5.83. The van der Waals surface area contributed by atoms with Gasteiger partial charge in [-0.05, 0) is 67.6 Å². The first-order valence-corrected chi connectivity index (χ1v) is 11.9.